The van der Waals surface area contributed by atoms with Gasteiger partial charge in [0.1, 0.15) is 0 Å². The minimum absolute atomic E-state index is 0.0274. The number of hydrogen-bond donors (Lipinski definition) is 3. The van der Waals surface area contributed by atoms with Gasteiger partial charge in [0.25, 0.3) is 5.91 Å². The molecule has 0 spiro atoms. The molecule has 8 heteroatoms. The van der Waals surface area contributed by atoms with Gasteiger partial charge >= 0.3 is 6.18 Å². The maximum absolute atomic E-state index is 12.9. The van der Waals surface area contributed by atoms with Crippen LogP contribution in [-0.2, 0) is 12.6 Å². The third kappa shape index (κ3) is 7.62. The molecule has 0 saturated carbocycles. The quantitative estimate of drug-likeness (QED) is 0.435. The van der Waals surface area contributed by atoms with E-state index in [1.807, 2.05) is 25.1 Å². The lowest BCUT2D eigenvalue weighted by atomic mass is 9.96. The van der Waals surface area contributed by atoms with Crippen LogP contribution in [0.15, 0.2) is 53.5 Å². The Balaban J connectivity index is 1.79. The summed E-state index contributed by atoms with van der Waals surface area (Å²) in [6, 6.07) is 12.9. The van der Waals surface area contributed by atoms with E-state index in [4.69, 9.17) is 0 Å². The molecule has 0 aromatic heterocycles. The first-order valence-corrected chi connectivity index (χ1v) is 10.2. The smallest absolute Gasteiger partial charge is 0.356 e. The molecule has 1 atom stereocenters. The third-order valence-electron chi connectivity index (χ3n) is 5.00. The third-order valence-corrected chi connectivity index (χ3v) is 5.00. The Morgan fingerprint density at radius 2 is 1.77 bits per heavy atom. The first-order valence-electron chi connectivity index (χ1n) is 10.2. The van der Waals surface area contributed by atoms with Gasteiger partial charge in [0.2, 0.25) is 0 Å². The number of nitrogens with zero attached hydrogens (tertiary/aromatic N) is 1. The predicted molar refractivity (Wildman–Crippen MR) is 117 cm³/mol. The van der Waals surface area contributed by atoms with Crippen LogP contribution in [0.2, 0.25) is 0 Å². The van der Waals surface area contributed by atoms with Crippen molar-refractivity contribution in [1.29, 1.82) is 0 Å². The summed E-state index contributed by atoms with van der Waals surface area (Å²) in [6.07, 6.45) is -2.96. The first kappa shape index (κ1) is 24.2. The molecule has 0 aliphatic heterocycles. The zero-order valence-corrected chi connectivity index (χ0v) is 18.0. The predicted octanol–water partition coefficient (Wildman–Crippen LogP) is 3.97. The first-order chi connectivity index (χ1) is 14.7. The van der Waals surface area contributed by atoms with Crippen LogP contribution in [0.25, 0.3) is 0 Å². The number of rotatable bonds is 8. The van der Waals surface area contributed by atoms with E-state index >= 15 is 0 Å². The van der Waals surface area contributed by atoms with E-state index in [9.17, 15) is 18.0 Å². The Morgan fingerprint density at radius 3 is 2.45 bits per heavy atom. The van der Waals surface area contributed by atoms with Crippen molar-refractivity contribution in [3.05, 3.63) is 70.8 Å². The van der Waals surface area contributed by atoms with Crippen LogP contribution < -0.4 is 16.0 Å². The maximum atomic E-state index is 12.9. The maximum Gasteiger partial charge on any atom is 0.416 e. The molecule has 0 heterocycles. The van der Waals surface area contributed by atoms with Gasteiger partial charge in [0, 0.05) is 32.7 Å². The lowest BCUT2D eigenvalue weighted by Gasteiger charge is -2.16. The number of nitrogens with one attached hydrogen (secondary N) is 3. The Morgan fingerprint density at radius 1 is 1.06 bits per heavy atom. The highest BCUT2D eigenvalue weighted by molar-refractivity contribution is 5.94. The summed E-state index contributed by atoms with van der Waals surface area (Å²) in [5.41, 5.74) is 1.69. The molecule has 1 amide bonds. The molecule has 168 valence electrons. The summed E-state index contributed by atoms with van der Waals surface area (Å²) in [6.45, 7) is 3.11. The second-order valence-corrected chi connectivity index (χ2v) is 7.27. The van der Waals surface area contributed by atoms with Gasteiger partial charge in [-0.3, -0.25) is 9.79 Å². The summed E-state index contributed by atoms with van der Waals surface area (Å²) in [5.74, 6) is 0.473. The highest BCUT2D eigenvalue weighted by Gasteiger charge is 2.30. The van der Waals surface area contributed by atoms with Gasteiger partial charge in [-0.15, -0.1) is 0 Å². The largest absolute Gasteiger partial charge is 0.416 e. The lowest BCUT2D eigenvalue weighted by Crippen LogP contribution is -2.39. The van der Waals surface area contributed by atoms with Crippen LogP contribution in [0.1, 0.15) is 46.3 Å². The summed E-state index contributed by atoms with van der Waals surface area (Å²) >= 11 is 0. The van der Waals surface area contributed by atoms with Gasteiger partial charge < -0.3 is 16.0 Å². The summed E-state index contributed by atoms with van der Waals surface area (Å²) in [7, 11) is 3.26. The zero-order chi connectivity index (χ0) is 22.9. The Labute approximate surface area is 181 Å². The molecule has 0 aliphatic carbocycles. The van der Waals surface area contributed by atoms with Crippen LogP contribution >= 0.6 is 0 Å². The number of alkyl halides is 3. The molecule has 0 bridgehead atoms. The number of carbonyl (C=O) groups is 1. The van der Waals surface area contributed by atoms with Crippen LogP contribution in [0.3, 0.4) is 0 Å². The molecule has 2 aromatic rings. The Kier molecular flexibility index (Phi) is 8.90. The molecule has 2 aromatic carbocycles. The fourth-order valence-corrected chi connectivity index (χ4v) is 3.15. The Bertz CT molecular complexity index is 896. The molecule has 0 aliphatic rings. The number of amides is 1. The van der Waals surface area contributed by atoms with Crippen LogP contribution in [0, 0.1) is 0 Å². The normalized spacial score (nSPS) is 12.9. The van der Waals surface area contributed by atoms with Crippen molar-refractivity contribution in [3.63, 3.8) is 0 Å². The number of guanidine groups is 1. The van der Waals surface area contributed by atoms with Crippen molar-refractivity contribution >= 4 is 11.9 Å². The van der Waals surface area contributed by atoms with E-state index in [-0.39, 0.29) is 11.8 Å². The molecule has 5 nitrogen and oxygen atoms in total. The fraction of sp³-hybridized carbons (Fsp3) is 0.391. The standard InChI is InChI=1S/C23H29F3N4O/c1-16(18-7-5-9-20(15-18)23(24,25)26)10-12-29-22(28-3)30-13-11-17-6-4-8-19(14-17)21(31)27-2/h4-9,14-16H,10-13H2,1-3H3,(H,27,31)(H2,28,29,30). The average molecular weight is 435 g/mol. The van der Waals surface area contributed by atoms with E-state index in [0.29, 0.717) is 43.0 Å². The summed E-state index contributed by atoms with van der Waals surface area (Å²) in [4.78, 5) is 15.9. The summed E-state index contributed by atoms with van der Waals surface area (Å²) < 4.78 is 38.7. The van der Waals surface area contributed by atoms with Gasteiger partial charge in [-0.2, -0.15) is 13.2 Å². The van der Waals surface area contributed by atoms with Crippen molar-refractivity contribution in [2.75, 3.05) is 27.2 Å². The highest BCUT2D eigenvalue weighted by atomic mass is 19.4. The Hall–Kier alpha value is -3.03. The molecule has 0 fully saturated rings. The minimum Gasteiger partial charge on any atom is -0.356 e. The number of carbonyl (C=O) groups excluding carboxylic acids is 1. The lowest BCUT2D eigenvalue weighted by molar-refractivity contribution is -0.137. The van der Waals surface area contributed by atoms with E-state index in [0.717, 1.165) is 11.6 Å². The van der Waals surface area contributed by atoms with Crippen molar-refractivity contribution in [2.45, 2.75) is 31.9 Å². The molecule has 31 heavy (non-hydrogen) atoms. The monoisotopic (exact) mass is 434 g/mol. The molecular weight excluding hydrogens is 405 g/mol. The number of benzene rings is 2. The number of halogens is 3. The van der Waals surface area contributed by atoms with Gasteiger partial charge in [0.05, 0.1) is 5.56 Å². The van der Waals surface area contributed by atoms with E-state index < -0.39 is 11.7 Å². The van der Waals surface area contributed by atoms with Crippen molar-refractivity contribution < 1.29 is 18.0 Å². The summed E-state index contributed by atoms with van der Waals surface area (Å²) in [5, 5.41) is 9.01. The fourth-order valence-electron chi connectivity index (χ4n) is 3.15. The van der Waals surface area contributed by atoms with Crippen LogP contribution in [-0.4, -0.2) is 39.1 Å². The topological polar surface area (TPSA) is 65.5 Å². The molecular formula is C23H29F3N4O. The van der Waals surface area contributed by atoms with Crippen molar-refractivity contribution in [3.8, 4) is 0 Å². The molecule has 0 radical (unpaired) electrons. The van der Waals surface area contributed by atoms with E-state index in [1.165, 1.54) is 12.1 Å². The molecule has 3 N–H and O–H groups in total. The van der Waals surface area contributed by atoms with Crippen LogP contribution in [0.5, 0.6) is 0 Å². The average Bonchev–Trinajstić information content (AvgIpc) is 2.77. The van der Waals surface area contributed by atoms with Crippen molar-refractivity contribution in [1.82, 2.24) is 16.0 Å². The molecule has 0 saturated heterocycles. The number of hydrogen-bond acceptors (Lipinski definition) is 2. The van der Waals surface area contributed by atoms with Gasteiger partial charge in [-0.05, 0) is 48.1 Å². The van der Waals surface area contributed by atoms with Gasteiger partial charge in [-0.1, -0.05) is 37.3 Å². The van der Waals surface area contributed by atoms with Gasteiger partial charge in [0.15, 0.2) is 5.96 Å². The zero-order valence-electron chi connectivity index (χ0n) is 18.0. The second kappa shape index (κ2) is 11.4. The number of aliphatic imine (C=N–C) groups is 1. The van der Waals surface area contributed by atoms with E-state index in [2.05, 4.69) is 20.9 Å². The van der Waals surface area contributed by atoms with Crippen molar-refractivity contribution in [2.24, 2.45) is 4.99 Å². The second-order valence-electron chi connectivity index (χ2n) is 7.27. The molecule has 1 unspecified atom stereocenters. The van der Waals surface area contributed by atoms with Gasteiger partial charge in [-0.25, -0.2) is 0 Å². The van der Waals surface area contributed by atoms with E-state index in [1.54, 1.807) is 26.2 Å². The highest BCUT2D eigenvalue weighted by Crippen LogP contribution is 2.31. The SMILES string of the molecule is CN=C(NCCc1cccc(C(=O)NC)c1)NCCC(C)c1cccc(C(F)(F)F)c1. The van der Waals surface area contributed by atoms with Crippen LogP contribution in [0.4, 0.5) is 13.2 Å². The minimum atomic E-state index is -4.33. The molecule has 2 rings (SSSR count).